The van der Waals surface area contributed by atoms with Gasteiger partial charge in [0, 0.05) is 18.7 Å². The maximum absolute atomic E-state index is 11.8. The molecule has 0 radical (unpaired) electrons. The van der Waals surface area contributed by atoms with Gasteiger partial charge in [-0.15, -0.1) is 0 Å². The summed E-state index contributed by atoms with van der Waals surface area (Å²) >= 11 is 0. The van der Waals surface area contributed by atoms with Gasteiger partial charge in [0.1, 0.15) is 0 Å². The lowest BCUT2D eigenvalue weighted by Gasteiger charge is -2.15. The summed E-state index contributed by atoms with van der Waals surface area (Å²) in [5.74, 6) is 0.273. The van der Waals surface area contributed by atoms with Gasteiger partial charge in [0.05, 0.1) is 17.8 Å². The van der Waals surface area contributed by atoms with E-state index in [1.54, 1.807) is 0 Å². The van der Waals surface area contributed by atoms with E-state index in [1.165, 1.54) is 0 Å². The number of fused-ring (bicyclic) bond motifs is 1. The molecule has 0 N–H and O–H groups in total. The fraction of sp³-hybridized carbons (Fsp3) is 0.667. The van der Waals surface area contributed by atoms with Crippen molar-refractivity contribution in [2.75, 3.05) is 20.6 Å². The Morgan fingerprint density at radius 3 is 2.81 bits per heavy atom. The zero-order chi connectivity index (χ0) is 11.7. The highest BCUT2D eigenvalue weighted by atomic mass is 16.1. The maximum atomic E-state index is 11.8. The summed E-state index contributed by atoms with van der Waals surface area (Å²) in [6.07, 6.45) is 2.65. The number of hydrogen-bond acceptors (Lipinski definition) is 3. The lowest BCUT2D eigenvalue weighted by atomic mass is 9.95. The zero-order valence-corrected chi connectivity index (χ0v) is 10.3. The number of aromatic nitrogens is 2. The van der Waals surface area contributed by atoms with E-state index in [1.807, 2.05) is 25.7 Å². The first-order valence-electron chi connectivity index (χ1n) is 5.84. The van der Waals surface area contributed by atoms with Crippen molar-refractivity contribution in [1.29, 1.82) is 0 Å². The largest absolute Gasteiger partial charge is 0.308 e. The number of Topliss-reactive ketones (excluding diaryl/α,β-unsaturated/α-hetero) is 1. The molecular weight excluding hydrogens is 202 g/mol. The molecule has 1 aromatic rings. The Bertz CT molecular complexity index is 407. The molecule has 0 unspecified atom stereocenters. The summed E-state index contributed by atoms with van der Waals surface area (Å²) in [4.78, 5) is 13.9. The third-order valence-electron chi connectivity index (χ3n) is 3.09. The van der Waals surface area contributed by atoms with E-state index >= 15 is 0 Å². The first kappa shape index (κ1) is 11.3. The molecule has 0 fully saturated rings. The Morgan fingerprint density at radius 2 is 2.12 bits per heavy atom. The van der Waals surface area contributed by atoms with Crippen molar-refractivity contribution in [1.82, 2.24) is 14.7 Å². The number of likely N-dealkylation sites (N-methyl/N-ethyl adjacent to an activating group) is 1. The van der Waals surface area contributed by atoms with Crippen LogP contribution in [0, 0.1) is 6.92 Å². The van der Waals surface area contributed by atoms with Crippen molar-refractivity contribution in [3.63, 3.8) is 0 Å². The molecule has 4 nitrogen and oxygen atoms in total. The van der Waals surface area contributed by atoms with Gasteiger partial charge in [0.2, 0.25) is 0 Å². The molecular formula is C12H19N3O. The highest BCUT2D eigenvalue weighted by Gasteiger charge is 2.24. The average Bonchev–Trinajstić information content (AvgIpc) is 2.54. The second-order valence-electron chi connectivity index (χ2n) is 4.71. The Kier molecular flexibility index (Phi) is 3.10. The number of carbonyl (C=O) groups excluding carboxylic acids is 1. The zero-order valence-electron chi connectivity index (χ0n) is 10.3. The van der Waals surface area contributed by atoms with Gasteiger partial charge in [-0.05, 0) is 33.9 Å². The van der Waals surface area contributed by atoms with Crippen LogP contribution in [0.15, 0.2) is 0 Å². The number of hydrogen-bond donors (Lipinski definition) is 0. The van der Waals surface area contributed by atoms with E-state index < -0.39 is 0 Å². The fourth-order valence-electron chi connectivity index (χ4n) is 2.27. The summed E-state index contributed by atoms with van der Waals surface area (Å²) in [5.41, 5.74) is 2.94. The Balaban J connectivity index is 2.27. The molecule has 88 valence electrons. The molecule has 1 aliphatic carbocycles. The number of carbonyl (C=O) groups is 1. The molecule has 16 heavy (non-hydrogen) atoms. The predicted molar refractivity (Wildman–Crippen MR) is 62.8 cm³/mol. The third kappa shape index (κ3) is 2.02. The van der Waals surface area contributed by atoms with Crippen molar-refractivity contribution in [3.05, 3.63) is 17.0 Å². The number of rotatable bonds is 3. The van der Waals surface area contributed by atoms with Crippen LogP contribution < -0.4 is 0 Å². The van der Waals surface area contributed by atoms with Gasteiger partial charge in [0.25, 0.3) is 0 Å². The molecule has 0 amide bonds. The van der Waals surface area contributed by atoms with Gasteiger partial charge >= 0.3 is 0 Å². The van der Waals surface area contributed by atoms with Crippen molar-refractivity contribution in [2.24, 2.45) is 0 Å². The SMILES string of the molecule is Cc1nn(CCN(C)C)c2c1C(=O)CCC2. The molecule has 0 aromatic carbocycles. The lowest BCUT2D eigenvalue weighted by Crippen LogP contribution is -2.21. The number of ketones is 1. The molecule has 1 heterocycles. The third-order valence-corrected chi connectivity index (χ3v) is 3.09. The minimum absolute atomic E-state index is 0.273. The van der Waals surface area contributed by atoms with E-state index in [2.05, 4.69) is 10.00 Å². The van der Waals surface area contributed by atoms with Crippen LogP contribution in [0.1, 0.15) is 34.6 Å². The monoisotopic (exact) mass is 221 g/mol. The Labute approximate surface area is 96.2 Å². The summed E-state index contributed by atoms with van der Waals surface area (Å²) in [6, 6.07) is 0. The van der Waals surface area contributed by atoms with Crippen molar-refractivity contribution in [2.45, 2.75) is 32.7 Å². The average molecular weight is 221 g/mol. The first-order chi connectivity index (χ1) is 7.59. The number of aryl methyl sites for hydroxylation is 1. The standard InChI is InChI=1S/C12H19N3O/c1-9-12-10(5-4-6-11(12)16)15(13-9)8-7-14(2)3/h4-8H2,1-3H3. The normalized spacial score (nSPS) is 15.6. The summed E-state index contributed by atoms with van der Waals surface area (Å²) < 4.78 is 2.02. The summed E-state index contributed by atoms with van der Waals surface area (Å²) in [5, 5.41) is 4.48. The van der Waals surface area contributed by atoms with Gasteiger partial charge in [0.15, 0.2) is 5.78 Å². The van der Waals surface area contributed by atoms with Gasteiger partial charge in [-0.25, -0.2) is 0 Å². The van der Waals surface area contributed by atoms with Crippen molar-refractivity contribution >= 4 is 5.78 Å². The topological polar surface area (TPSA) is 38.1 Å². The number of nitrogens with zero attached hydrogens (tertiary/aromatic N) is 3. The Morgan fingerprint density at radius 1 is 1.38 bits per heavy atom. The highest BCUT2D eigenvalue weighted by Crippen LogP contribution is 2.23. The van der Waals surface area contributed by atoms with Crippen LogP contribution in [-0.2, 0) is 13.0 Å². The first-order valence-corrected chi connectivity index (χ1v) is 5.84. The van der Waals surface area contributed by atoms with Crippen LogP contribution in [0.5, 0.6) is 0 Å². The summed E-state index contributed by atoms with van der Waals surface area (Å²) in [7, 11) is 4.10. The molecule has 4 heteroatoms. The highest BCUT2D eigenvalue weighted by molar-refractivity contribution is 5.99. The molecule has 1 aromatic heterocycles. The molecule has 0 spiro atoms. The summed E-state index contributed by atoms with van der Waals surface area (Å²) in [6.45, 7) is 3.77. The maximum Gasteiger partial charge on any atom is 0.166 e. The molecule has 0 saturated carbocycles. The van der Waals surface area contributed by atoms with Crippen LogP contribution in [0.3, 0.4) is 0 Å². The second kappa shape index (κ2) is 4.37. The second-order valence-corrected chi connectivity index (χ2v) is 4.71. The van der Waals surface area contributed by atoms with Crippen LogP contribution in [0.25, 0.3) is 0 Å². The van der Waals surface area contributed by atoms with Crippen LogP contribution in [0.4, 0.5) is 0 Å². The van der Waals surface area contributed by atoms with Crippen LogP contribution in [0.2, 0.25) is 0 Å². The van der Waals surface area contributed by atoms with E-state index in [4.69, 9.17) is 0 Å². The minimum atomic E-state index is 0.273. The molecule has 2 rings (SSSR count). The quantitative estimate of drug-likeness (QED) is 0.771. The fourth-order valence-corrected chi connectivity index (χ4v) is 2.27. The molecule has 1 aliphatic rings. The van der Waals surface area contributed by atoms with E-state index in [-0.39, 0.29) is 5.78 Å². The van der Waals surface area contributed by atoms with Gasteiger partial charge < -0.3 is 4.90 Å². The van der Waals surface area contributed by atoms with E-state index in [9.17, 15) is 4.79 Å². The van der Waals surface area contributed by atoms with E-state index in [0.29, 0.717) is 6.42 Å². The van der Waals surface area contributed by atoms with Crippen LogP contribution in [-0.4, -0.2) is 41.1 Å². The minimum Gasteiger partial charge on any atom is -0.308 e. The Hall–Kier alpha value is -1.16. The predicted octanol–water partition coefficient (Wildman–Crippen LogP) is 1.27. The molecule has 0 aliphatic heterocycles. The molecule has 0 saturated heterocycles. The van der Waals surface area contributed by atoms with Crippen LogP contribution >= 0.6 is 0 Å². The van der Waals surface area contributed by atoms with Gasteiger partial charge in [-0.1, -0.05) is 0 Å². The van der Waals surface area contributed by atoms with Gasteiger partial charge in [-0.3, -0.25) is 9.48 Å². The molecule has 0 atom stereocenters. The smallest absolute Gasteiger partial charge is 0.166 e. The van der Waals surface area contributed by atoms with Crippen molar-refractivity contribution in [3.8, 4) is 0 Å². The van der Waals surface area contributed by atoms with Crippen molar-refractivity contribution < 1.29 is 4.79 Å². The van der Waals surface area contributed by atoms with E-state index in [0.717, 1.165) is 42.9 Å². The lowest BCUT2D eigenvalue weighted by molar-refractivity contribution is 0.0971. The van der Waals surface area contributed by atoms with Gasteiger partial charge in [-0.2, -0.15) is 5.10 Å². The molecule has 0 bridgehead atoms.